The van der Waals surface area contributed by atoms with Crippen LogP contribution in [0.1, 0.15) is 16.8 Å². The lowest BCUT2D eigenvalue weighted by atomic mass is 10.1. The third-order valence-corrected chi connectivity index (χ3v) is 1.59. The van der Waals surface area contributed by atoms with Crippen LogP contribution < -0.4 is 5.73 Å². The Morgan fingerprint density at radius 3 is 2.45 bits per heavy atom. The van der Waals surface area contributed by atoms with Crippen LogP contribution in [0.4, 0.5) is 5.82 Å². The van der Waals surface area contributed by atoms with Crippen LogP contribution in [0, 0.1) is 25.2 Å². The Morgan fingerprint density at radius 1 is 1.36 bits per heavy atom. The number of nitrogens with two attached hydrogens (primary N) is 1. The molecule has 4 heteroatoms. The van der Waals surface area contributed by atoms with E-state index < -0.39 is 0 Å². The minimum atomic E-state index is 0.204. The standard InChI is InChI=1S/C7H8N4/c1-4-5(2)10-11-7(9)6(4)3-8/h1-2H3,(H2,9,11). The summed E-state index contributed by atoms with van der Waals surface area (Å²) in [7, 11) is 0. The Hall–Kier alpha value is -1.63. The molecule has 0 spiro atoms. The highest BCUT2D eigenvalue weighted by Gasteiger charge is 2.06. The first-order valence-electron chi connectivity index (χ1n) is 3.16. The molecule has 1 aromatic rings. The summed E-state index contributed by atoms with van der Waals surface area (Å²) in [5.74, 6) is 0.204. The van der Waals surface area contributed by atoms with Crippen molar-refractivity contribution in [2.75, 3.05) is 5.73 Å². The van der Waals surface area contributed by atoms with Gasteiger partial charge in [-0.15, -0.1) is 5.10 Å². The maximum atomic E-state index is 8.63. The van der Waals surface area contributed by atoms with Gasteiger partial charge in [-0.3, -0.25) is 0 Å². The smallest absolute Gasteiger partial charge is 0.164 e. The molecule has 0 fully saturated rings. The van der Waals surface area contributed by atoms with Gasteiger partial charge in [0.1, 0.15) is 11.6 Å². The average molecular weight is 148 g/mol. The van der Waals surface area contributed by atoms with Gasteiger partial charge in [-0.1, -0.05) is 0 Å². The average Bonchev–Trinajstić information content (AvgIpc) is 1.99. The number of nitrogen functional groups attached to an aromatic ring is 1. The van der Waals surface area contributed by atoms with Crippen LogP contribution in [-0.4, -0.2) is 10.2 Å². The summed E-state index contributed by atoms with van der Waals surface area (Å²) in [6, 6.07) is 1.98. The number of aryl methyl sites for hydroxylation is 1. The fourth-order valence-electron chi connectivity index (χ4n) is 0.768. The molecule has 0 saturated heterocycles. The number of aromatic nitrogens is 2. The zero-order valence-electron chi connectivity index (χ0n) is 6.42. The summed E-state index contributed by atoms with van der Waals surface area (Å²) < 4.78 is 0. The molecule has 56 valence electrons. The molecule has 0 aliphatic carbocycles. The van der Waals surface area contributed by atoms with Crippen molar-refractivity contribution >= 4 is 5.82 Å². The van der Waals surface area contributed by atoms with E-state index in [2.05, 4.69) is 10.2 Å². The van der Waals surface area contributed by atoms with Crippen LogP contribution in [0.2, 0.25) is 0 Å². The number of rotatable bonds is 0. The van der Waals surface area contributed by atoms with Crippen LogP contribution in [0.25, 0.3) is 0 Å². The van der Waals surface area contributed by atoms with Crippen molar-refractivity contribution in [2.24, 2.45) is 0 Å². The minimum absolute atomic E-state index is 0.204. The van der Waals surface area contributed by atoms with Gasteiger partial charge in [0.25, 0.3) is 0 Å². The van der Waals surface area contributed by atoms with E-state index in [0.717, 1.165) is 11.3 Å². The van der Waals surface area contributed by atoms with Crippen molar-refractivity contribution < 1.29 is 0 Å². The molecule has 0 amide bonds. The summed E-state index contributed by atoms with van der Waals surface area (Å²) in [6.07, 6.45) is 0. The molecule has 0 atom stereocenters. The fourth-order valence-corrected chi connectivity index (χ4v) is 0.768. The first kappa shape index (κ1) is 7.48. The third kappa shape index (κ3) is 1.13. The molecule has 2 N–H and O–H groups in total. The largest absolute Gasteiger partial charge is 0.381 e. The van der Waals surface area contributed by atoms with Crippen LogP contribution in [0.3, 0.4) is 0 Å². The van der Waals surface area contributed by atoms with Gasteiger partial charge in [0.15, 0.2) is 5.82 Å². The van der Waals surface area contributed by atoms with Crippen LogP contribution in [0.15, 0.2) is 0 Å². The van der Waals surface area contributed by atoms with E-state index in [4.69, 9.17) is 11.0 Å². The van der Waals surface area contributed by atoms with E-state index >= 15 is 0 Å². The normalized spacial score (nSPS) is 9.18. The number of nitrogens with zero attached hydrogens (tertiary/aromatic N) is 3. The van der Waals surface area contributed by atoms with E-state index in [1.165, 1.54) is 0 Å². The quantitative estimate of drug-likeness (QED) is 0.582. The number of hydrogen-bond donors (Lipinski definition) is 1. The molecule has 0 radical (unpaired) electrons. The molecule has 1 rings (SSSR count). The monoisotopic (exact) mass is 148 g/mol. The Balaban J connectivity index is 3.44. The van der Waals surface area contributed by atoms with Crippen molar-refractivity contribution in [2.45, 2.75) is 13.8 Å². The maximum Gasteiger partial charge on any atom is 0.164 e. The summed E-state index contributed by atoms with van der Waals surface area (Å²) in [5.41, 5.74) is 7.38. The Kier molecular flexibility index (Phi) is 1.73. The molecular formula is C7H8N4. The molecule has 0 aliphatic rings. The van der Waals surface area contributed by atoms with Gasteiger partial charge in [-0.25, -0.2) is 0 Å². The molecule has 4 nitrogen and oxygen atoms in total. The molecule has 0 bridgehead atoms. The van der Waals surface area contributed by atoms with Gasteiger partial charge >= 0.3 is 0 Å². The molecule has 0 aromatic carbocycles. The third-order valence-electron chi connectivity index (χ3n) is 1.59. The summed E-state index contributed by atoms with van der Waals surface area (Å²) >= 11 is 0. The molecular weight excluding hydrogens is 140 g/mol. The Labute approximate surface area is 64.7 Å². The predicted octanol–water partition coefficient (Wildman–Crippen LogP) is 0.547. The second-order valence-electron chi connectivity index (χ2n) is 2.28. The van der Waals surface area contributed by atoms with E-state index in [1.54, 1.807) is 13.8 Å². The van der Waals surface area contributed by atoms with Gasteiger partial charge in [-0.05, 0) is 19.4 Å². The van der Waals surface area contributed by atoms with E-state index in [9.17, 15) is 0 Å². The highest BCUT2D eigenvalue weighted by molar-refractivity contribution is 5.52. The Bertz CT molecular complexity index is 324. The van der Waals surface area contributed by atoms with Gasteiger partial charge in [0, 0.05) is 0 Å². The van der Waals surface area contributed by atoms with Crippen LogP contribution in [-0.2, 0) is 0 Å². The second-order valence-corrected chi connectivity index (χ2v) is 2.28. The van der Waals surface area contributed by atoms with Crippen molar-refractivity contribution in [1.82, 2.24) is 10.2 Å². The number of anilines is 1. The first-order chi connectivity index (χ1) is 5.16. The van der Waals surface area contributed by atoms with Crippen molar-refractivity contribution in [3.63, 3.8) is 0 Å². The SMILES string of the molecule is Cc1nnc(N)c(C#N)c1C. The van der Waals surface area contributed by atoms with Crippen LogP contribution in [0.5, 0.6) is 0 Å². The molecule has 1 heterocycles. The highest BCUT2D eigenvalue weighted by Crippen LogP contribution is 2.13. The lowest BCUT2D eigenvalue weighted by Crippen LogP contribution is -2.02. The van der Waals surface area contributed by atoms with Gasteiger partial charge < -0.3 is 5.73 Å². The molecule has 0 saturated carbocycles. The van der Waals surface area contributed by atoms with E-state index in [-0.39, 0.29) is 5.82 Å². The van der Waals surface area contributed by atoms with Gasteiger partial charge in [0.05, 0.1) is 5.69 Å². The number of hydrogen-bond acceptors (Lipinski definition) is 4. The van der Waals surface area contributed by atoms with Gasteiger partial charge in [0.2, 0.25) is 0 Å². The summed E-state index contributed by atoms with van der Waals surface area (Å²) in [6.45, 7) is 3.60. The molecule has 0 unspecified atom stereocenters. The van der Waals surface area contributed by atoms with Gasteiger partial charge in [-0.2, -0.15) is 10.4 Å². The maximum absolute atomic E-state index is 8.63. The van der Waals surface area contributed by atoms with E-state index in [1.807, 2.05) is 6.07 Å². The lowest BCUT2D eigenvalue weighted by Gasteiger charge is -2.00. The summed E-state index contributed by atoms with van der Waals surface area (Å²) in [4.78, 5) is 0. The Morgan fingerprint density at radius 2 is 2.00 bits per heavy atom. The molecule has 1 aromatic heterocycles. The zero-order chi connectivity index (χ0) is 8.43. The predicted molar refractivity (Wildman–Crippen MR) is 40.6 cm³/mol. The minimum Gasteiger partial charge on any atom is -0.381 e. The molecule has 0 aliphatic heterocycles. The summed E-state index contributed by atoms with van der Waals surface area (Å²) in [5, 5.41) is 16.0. The number of nitriles is 1. The van der Waals surface area contributed by atoms with Crippen molar-refractivity contribution in [1.29, 1.82) is 5.26 Å². The second kappa shape index (κ2) is 2.54. The zero-order valence-corrected chi connectivity index (χ0v) is 6.42. The fraction of sp³-hybridized carbons (Fsp3) is 0.286. The first-order valence-corrected chi connectivity index (χ1v) is 3.16. The van der Waals surface area contributed by atoms with E-state index in [0.29, 0.717) is 5.56 Å². The van der Waals surface area contributed by atoms with Crippen LogP contribution >= 0.6 is 0 Å². The van der Waals surface area contributed by atoms with Crippen molar-refractivity contribution in [3.8, 4) is 6.07 Å². The lowest BCUT2D eigenvalue weighted by molar-refractivity contribution is 0.964. The highest BCUT2D eigenvalue weighted by atomic mass is 15.1. The molecule has 11 heavy (non-hydrogen) atoms. The topological polar surface area (TPSA) is 75.6 Å². The van der Waals surface area contributed by atoms with Crippen molar-refractivity contribution in [3.05, 3.63) is 16.8 Å².